The highest BCUT2D eigenvalue weighted by atomic mass is 35.5. The van der Waals surface area contributed by atoms with Gasteiger partial charge in [-0.3, -0.25) is 4.79 Å². The molecule has 1 aromatic rings. The van der Waals surface area contributed by atoms with Crippen molar-refractivity contribution in [3.05, 3.63) is 28.8 Å². The summed E-state index contributed by atoms with van der Waals surface area (Å²) in [7, 11) is -3.01. The van der Waals surface area contributed by atoms with Crippen LogP contribution >= 0.6 is 11.6 Å². The minimum atomic E-state index is -3.01. The van der Waals surface area contributed by atoms with E-state index in [0.717, 1.165) is 6.26 Å². The lowest BCUT2D eigenvalue weighted by Crippen LogP contribution is -2.07. The van der Waals surface area contributed by atoms with Crippen molar-refractivity contribution >= 4 is 32.9 Å². The van der Waals surface area contributed by atoms with Crippen LogP contribution < -0.4 is 5.73 Å². The Morgan fingerprint density at radius 3 is 2.59 bits per heavy atom. The maximum atomic E-state index is 11.7. The Bertz CT molecular complexity index is 526. The minimum absolute atomic E-state index is 0.0157. The molecule has 0 spiro atoms. The van der Waals surface area contributed by atoms with Crippen molar-refractivity contribution in [2.75, 3.05) is 17.7 Å². The molecule has 4 nitrogen and oxygen atoms in total. The first-order chi connectivity index (χ1) is 7.79. The highest BCUT2D eigenvalue weighted by molar-refractivity contribution is 7.90. The fraction of sp³-hybridized carbons (Fsp3) is 0.364. The number of hydrogen-bond acceptors (Lipinski definition) is 4. The summed E-state index contributed by atoms with van der Waals surface area (Å²) < 4.78 is 21.8. The maximum Gasteiger partial charge on any atom is 0.162 e. The van der Waals surface area contributed by atoms with E-state index in [9.17, 15) is 13.2 Å². The van der Waals surface area contributed by atoms with Crippen LogP contribution in [0.4, 0.5) is 5.69 Å². The molecule has 2 N–H and O–H groups in total. The number of rotatable bonds is 5. The normalized spacial score (nSPS) is 11.4. The van der Waals surface area contributed by atoms with Gasteiger partial charge in [0.1, 0.15) is 9.84 Å². The third-order valence-corrected chi connectivity index (χ3v) is 3.61. The van der Waals surface area contributed by atoms with Gasteiger partial charge in [0.05, 0.1) is 16.5 Å². The Morgan fingerprint density at radius 1 is 1.41 bits per heavy atom. The second-order valence-corrected chi connectivity index (χ2v) is 6.56. The van der Waals surface area contributed by atoms with Crippen molar-refractivity contribution < 1.29 is 13.2 Å². The number of halogens is 1. The molecule has 0 fully saturated rings. The summed E-state index contributed by atoms with van der Waals surface area (Å²) in [6.07, 6.45) is 1.66. The van der Waals surface area contributed by atoms with Gasteiger partial charge in [-0.15, -0.1) is 0 Å². The molecule has 17 heavy (non-hydrogen) atoms. The van der Waals surface area contributed by atoms with Crippen LogP contribution in [0.3, 0.4) is 0 Å². The molecule has 0 amide bonds. The van der Waals surface area contributed by atoms with Crippen molar-refractivity contribution in [1.82, 2.24) is 0 Å². The second kappa shape index (κ2) is 5.51. The molecule has 0 heterocycles. The summed E-state index contributed by atoms with van der Waals surface area (Å²) in [6.45, 7) is 0. The number of Topliss-reactive ketones (excluding diaryl/α,β-unsaturated/α-hetero) is 1. The Labute approximate surface area is 106 Å². The van der Waals surface area contributed by atoms with E-state index in [1.165, 1.54) is 6.07 Å². The van der Waals surface area contributed by atoms with Gasteiger partial charge in [0.2, 0.25) is 0 Å². The number of sulfone groups is 1. The average Bonchev–Trinajstić information content (AvgIpc) is 2.20. The van der Waals surface area contributed by atoms with E-state index in [2.05, 4.69) is 0 Å². The van der Waals surface area contributed by atoms with Gasteiger partial charge in [0, 0.05) is 18.2 Å². The summed E-state index contributed by atoms with van der Waals surface area (Å²) in [4.78, 5) is 11.7. The molecule has 1 aromatic carbocycles. The Hall–Kier alpha value is -1.07. The number of benzene rings is 1. The third kappa shape index (κ3) is 4.75. The lowest BCUT2D eigenvalue weighted by Gasteiger charge is -2.03. The van der Waals surface area contributed by atoms with Crippen LogP contribution in [0.5, 0.6) is 0 Å². The van der Waals surface area contributed by atoms with E-state index in [1.54, 1.807) is 12.1 Å². The van der Waals surface area contributed by atoms with E-state index in [4.69, 9.17) is 17.3 Å². The molecule has 0 aliphatic heterocycles. The molecule has 6 heteroatoms. The molecular formula is C11H14ClNO3S. The lowest BCUT2D eigenvalue weighted by atomic mass is 10.1. The van der Waals surface area contributed by atoms with Crippen molar-refractivity contribution in [2.24, 2.45) is 0 Å². The first-order valence-electron chi connectivity index (χ1n) is 5.05. The molecule has 0 aliphatic carbocycles. The Kier molecular flexibility index (Phi) is 4.54. The monoisotopic (exact) mass is 275 g/mol. The zero-order chi connectivity index (χ0) is 13.1. The van der Waals surface area contributed by atoms with Gasteiger partial charge in [-0.1, -0.05) is 11.6 Å². The SMILES string of the molecule is CS(=O)(=O)CCCC(=O)c1ccc(Cl)c(N)c1. The largest absolute Gasteiger partial charge is 0.398 e. The van der Waals surface area contributed by atoms with E-state index in [-0.39, 0.29) is 18.0 Å². The first kappa shape index (κ1) is 14.0. The van der Waals surface area contributed by atoms with Crippen LogP contribution in [0.1, 0.15) is 23.2 Å². The number of hydrogen-bond donors (Lipinski definition) is 1. The zero-order valence-corrected chi connectivity index (χ0v) is 11.0. The van der Waals surface area contributed by atoms with Crippen molar-refractivity contribution in [3.8, 4) is 0 Å². The molecule has 0 saturated heterocycles. The van der Waals surface area contributed by atoms with E-state index < -0.39 is 9.84 Å². The molecule has 0 aromatic heterocycles. The van der Waals surface area contributed by atoms with E-state index in [0.29, 0.717) is 22.7 Å². The van der Waals surface area contributed by atoms with Gasteiger partial charge >= 0.3 is 0 Å². The van der Waals surface area contributed by atoms with Crippen molar-refractivity contribution in [3.63, 3.8) is 0 Å². The molecule has 0 radical (unpaired) electrons. The zero-order valence-electron chi connectivity index (χ0n) is 9.44. The van der Waals surface area contributed by atoms with Crippen molar-refractivity contribution in [1.29, 1.82) is 0 Å². The molecule has 0 bridgehead atoms. The van der Waals surface area contributed by atoms with Gasteiger partial charge < -0.3 is 5.73 Å². The second-order valence-electron chi connectivity index (χ2n) is 3.89. The van der Waals surface area contributed by atoms with E-state index in [1.807, 2.05) is 0 Å². The van der Waals surface area contributed by atoms with Crippen LogP contribution in [0.2, 0.25) is 5.02 Å². The first-order valence-corrected chi connectivity index (χ1v) is 7.49. The number of nitrogen functional groups attached to an aromatic ring is 1. The third-order valence-electron chi connectivity index (χ3n) is 2.24. The van der Waals surface area contributed by atoms with Crippen molar-refractivity contribution in [2.45, 2.75) is 12.8 Å². The van der Waals surface area contributed by atoms with Gasteiger partial charge in [-0.2, -0.15) is 0 Å². The molecular weight excluding hydrogens is 262 g/mol. The van der Waals surface area contributed by atoms with Gasteiger partial charge in [-0.25, -0.2) is 8.42 Å². The molecule has 0 atom stereocenters. The smallest absolute Gasteiger partial charge is 0.162 e. The van der Waals surface area contributed by atoms with Gasteiger partial charge in [0.15, 0.2) is 5.78 Å². The fourth-order valence-electron chi connectivity index (χ4n) is 1.36. The lowest BCUT2D eigenvalue weighted by molar-refractivity contribution is 0.0982. The number of anilines is 1. The maximum absolute atomic E-state index is 11.7. The number of nitrogens with two attached hydrogens (primary N) is 1. The standard InChI is InChI=1S/C11H14ClNO3S/c1-17(15,16)6-2-3-11(14)8-4-5-9(12)10(13)7-8/h4-5,7H,2-3,6,13H2,1H3. The molecule has 94 valence electrons. The molecule has 1 rings (SSSR count). The highest BCUT2D eigenvalue weighted by Gasteiger charge is 2.09. The van der Waals surface area contributed by atoms with Gasteiger partial charge in [-0.05, 0) is 24.6 Å². The number of ketones is 1. The fourth-order valence-corrected chi connectivity index (χ4v) is 2.14. The van der Waals surface area contributed by atoms with Crippen LogP contribution in [0.25, 0.3) is 0 Å². The summed E-state index contributed by atoms with van der Waals surface area (Å²) in [6, 6.07) is 4.65. The van der Waals surface area contributed by atoms with Gasteiger partial charge in [0.25, 0.3) is 0 Å². The summed E-state index contributed by atoms with van der Waals surface area (Å²) in [5.74, 6) is -0.112. The van der Waals surface area contributed by atoms with Crippen LogP contribution in [-0.4, -0.2) is 26.2 Å². The molecule has 0 unspecified atom stereocenters. The summed E-state index contributed by atoms with van der Waals surface area (Å²) in [5.41, 5.74) is 6.38. The molecule has 0 aliphatic rings. The quantitative estimate of drug-likeness (QED) is 0.658. The average molecular weight is 276 g/mol. The minimum Gasteiger partial charge on any atom is -0.398 e. The van der Waals surface area contributed by atoms with E-state index >= 15 is 0 Å². The summed E-state index contributed by atoms with van der Waals surface area (Å²) >= 11 is 5.73. The Balaban J connectivity index is 2.61. The highest BCUT2D eigenvalue weighted by Crippen LogP contribution is 2.20. The van der Waals surface area contributed by atoms with Crippen LogP contribution in [0, 0.1) is 0 Å². The van der Waals surface area contributed by atoms with Crippen LogP contribution in [0.15, 0.2) is 18.2 Å². The molecule has 0 saturated carbocycles. The predicted molar refractivity (Wildman–Crippen MR) is 69.1 cm³/mol. The Morgan fingerprint density at radius 2 is 2.06 bits per heavy atom. The van der Waals surface area contributed by atoms with Crippen LogP contribution in [-0.2, 0) is 9.84 Å². The number of carbonyl (C=O) groups excluding carboxylic acids is 1. The number of carbonyl (C=O) groups is 1. The topological polar surface area (TPSA) is 77.2 Å². The summed E-state index contributed by atoms with van der Waals surface area (Å²) in [5, 5.41) is 0.401. The predicted octanol–water partition coefficient (Wildman–Crippen LogP) is 1.93.